The monoisotopic (exact) mass is 287 g/mol. The molecule has 3 rings (SSSR count). The first-order valence-corrected chi connectivity index (χ1v) is 7.39. The molecule has 6 nitrogen and oxygen atoms in total. The summed E-state index contributed by atoms with van der Waals surface area (Å²) in [6.07, 6.45) is 1.85. The summed E-state index contributed by atoms with van der Waals surface area (Å²) in [5.74, 6) is 1.41. The highest BCUT2D eigenvalue weighted by molar-refractivity contribution is 5.03. The van der Waals surface area contributed by atoms with Gasteiger partial charge in [0.05, 0.1) is 11.7 Å². The van der Waals surface area contributed by atoms with Crippen molar-refractivity contribution < 1.29 is 4.52 Å². The highest BCUT2D eigenvalue weighted by Crippen LogP contribution is 2.20. The Morgan fingerprint density at radius 2 is 2.05 bits per heavy atom. The van der Waals surface area contributed by atoms with E-state index in [1.165, 1.54) is 0 Å². The number of pyridine rings is 1. The van der Waals surface area contributed by atoms with E-state index in [9.17, 15) is 0 Å². The first kappa shape index (κ1) is 14.2. The molecule has 112 valence electrons. The van der Waals surface area contributed by atoms with Crippen molar-refractivity contribution in [3.8, 4) is 0 Å². The summed E-state index contributed by atoms with van der Waals surface area (Å²) < 4.78 is 5.28. The van der Waals surface area contributed by atoms with Crippen molar-refractivity contribution >= 4 is 0 Å². The fraction of sp³-hybridized carbons (Fsp3) is 0.533. The van der Waals surface area contributed by atoms with Crippen molar-refractivity contribution in [2.75, 3.05) is 26.2 Å². The van der Waals surface area contributed by atoms with E-state index in [0.29, 0.717) is 11.7 Å². The van der Waals surface area contributed by atoms with Gasteiger partial charge in [-0.15, -0.1) is 0 Å². The van der Waals surface area contributed by atoms with Crippen LogP contribution in [0.3, 0.4) is 0 Å². The predicted molar refractivity (Wildman–Crippen MR) is 78.5 cm³/mol. The minimum Gasteiger partial charge on any atom is -0.338 e. The van der Waals surface area contributed by atoms with E-state index in [4.69, 9.17) is 4.52 Å². The highest BCUT2D eigenvalue weighted by Gasteiger charge is 2.25. The van der Waals surface area contributed by atoms with Crippen LogP contribution in [0.5, 0.6) is 0 Å². The number of hydrogen-bond donors (Lipinski definition) is 0. The molecule has 0 radical (unpaired) electrons. The number of rotatable bonds is 4. The molecule has 0 bridgehead atoms. The third-order valence-electron chi connectivity index (χ3n) is 3.97. The van der Waals surface area contributed by atoms with Crippen molar-refractivity contribution in [3.05, 3.63) is 41.8 Å². The van der Waals surface area contributed by atoms with Crippen molar-refractivity contribution in [2.45, 2.75) is 26.4 Å². The van der Waals surface area contributed by atoms with Crippen molar-refractivity contribution in [1.82, 2.24) is 24.9 Å². The molecule has 6 heteroatoms. The van der Waals surface area contributed by atoms with E-state index in [-0.39, 0.29) is 6.04 Å². The van der Waals surface area contributed by atoms with Crippen LogP contribution in [-0.4, -0.2) is 51.1 Å². The van der Waals surface area contributed by atoms with Crippen molar-refractivity contribution in [2.24, 2.45) is 0 Å². The second-order valence-corrected chi connectivity index (χ2v) is 5.49. The summed E-state index contributed by atoms with van der Waals surface area (Å²) >= 11 is 0. The van der Waals surface area contributed by atoms with Gasteiger partial charge in [-0.2, -0.15) is 4.98 Å². The lowest BCUT2D eigenvalue weighted by Crippen LogP contribution is -2.46. The quantitative estimate of drug-likeness (QED) is 0.852. The molecule has 0 spiro atoms. The smallest absolute Gasteiger partial charge is 0.243 e. The molecule has 2 aromatic heterocycles. The van der Waals surface area contributed by atoms with Crippen molar-refractivity contribution in [3.63, 3.8) is 0 Å². The van der Waals surface area contributed by atoms with E-state index in [0.717, 1.165) is 38.4 Å². The molecule has 1 atom stereocenters. The number of aromatic nitrogens is 3. The Balaban J connectivity index is 1.53. The second-order valence-electron chi connectivity index (χ2n) is 5.49. The van der Waals surface area contributed by atoms with Crippen LogP contribution in [0.1, 0.15) is 30.4 Å². The Morgan fingerprint density at radius 3 is 2.67 bits per heavy atom. The van der Waals surface area contributed by atoms with E-state index >= 15 is 0 Å². The summed E-state index contributed by atoms with van der Waals surface area (Å²) in [5, 5.41) is 3.87. The van der Waals surface area contributed by atoms with Gasteiger partial charge < -0.3 is 4.52 Å². The molecular formula is C15H21N5O. The lowest BCUT2D eigenvalue weighted by Gasteiger charge is -2.36. The summed E-state index contributed by atoms with van der Waals surface area (Å²) in [6.45, 7) is 8.99. The zero-order chi connectivity index (χ0) is 14.7. The maximum atomic E-state index is 5.28. The second kappa shape index (κ2) is 6.32. The zero-order valence-corrected chi connectivity index (χ0v) is 12.6. The molecule has 21 heavy (non-hydrogen) atoms. The van der Waals surface area contributed by atoms with Crippen LogP contribution in [-0.2, 0) is 6.54 Å². The van der Waals surface area contributed by atoms with Gasteiger partial charge in [-0.3, -0.25) is 14.8 Å². The summed E-state index contributed by atoms with van der Waals surface area (Å²) in [4.78, 5) is 13.5. The Labute approximate surface area is 124 Å². The van der Waals surface area contributed by atoms with E-state index < -0.39 is 0 Å². The van der Waals surface area contributed by atoms with Gasteiger partial charge in [0, 0.05) is 38.9 Å². The topological polar surface area (TPSA) is 58.3 Å². The first-order chi connectivity index (χ1) is 10.2. The molecule has 1 saturated heterocycles. The molecule has 1 fully saturated rings. The molecule has 0 aliphatic carbocycles. The van der Waals surface area contributed by atoms with Crippen LogP contribution in [0.25, 0.3) is 0 Å². The maximum Gasteiger partial charge on any atom is 0.243 e. The fourth-order valence-corrected chi connectivity index (χ4v) is 2.67. The van der Waals surface area contributed by atoms with Gasteiger partial charge >= 0.3 is 0 Å². The highest BCUT2D eigenvalue weighted by atomic mass is 16.5. The molecule has 2 aromatic rings. The molecule has 0 N–H and O–H groups in total. The molecule has 3 heterocycles. The lowest BCUT2D eigenvalue weighted by molar-refractivity contribution is 0.0839. The van der Waals surface area contributed by atoms with Gasteiger partial charge in [0.1, 0.15) is 0 Å². The minimum atomic E-state index is 0.184. The maximum absolute atomic E-state index is 5.28. The SMILES string of the molecule is Cc1noc(C(C)N2CCN(Cc3ccccn3)CC2)n1. The van der Waals surface area contributed by atoms with Crippen LogP contribution in [0, 0.1) is 6.92 Å². The Bertz CT molecular complexity index is 562. The summed E-state index contributed by atoms with van der Waals surface area (Å²) in [6, 6.07) is 6.26. The molecule has 0 saturated carbocycles. The van der Waals surface area contributed by atoms with Crippen molar-refractivity contribution in [1.29, 1.82) is 0 Å². The van der Waals surface area contributed by atoms with Crippen LogP contribution < -0.4 is 0 Å². The third kappa shape index (κ3) is 3.46. The van der Waals surface area contributed by atoms with Crippen LogP contribution >= 0.6 is 0 Å². The van der Waals surface area contributed by atoms with Crippen LogP contribution in [0.2, 0.25) is 0 Å². The first-order valence-electron chi connectivity index (χ1n) is 7.39. The van der Waals surface area contributed by atoms with Gasteiger partial charge in [0.15, 0.2) is 5.82 Å². The standard InChI is InChI=1S/C15H21N5O/c1-12(15-17-13(2)18-21-15)20-9-7-19(8-10-20)11-14-5-3-4-6-16-14/h3-6,12H,7-11H2,1-2H3. The Morgan fingerprint density at radius 1 is 1.24 bits per heavy atom. The normalized spacial score (nSPS) is 18.8. The number of piperazine rings is 1. The molecule has 0 aromatic carbocycles. The Hall–Kier alpha value is -1.79. The third-order valence-corrected chi connectivity index (χ3v) is 3.97. The zero-order valence-electron chi connectivity index (χ0n) is 12.6. The number of aryl methyl sites for hydroxylation is 1. The molecule has 1 aliphatic heterocycles. The van der Waals surface area contributed by atoms with Gasteiger partial charge in [0.25, 0.3) is 0 Å². The van der Waals surface area contributed by atoms with Gasteiger partial charge in [0.2, 0.25) is 5.89 Å². The average Bonchev–Trinajstić information content (AvgIpc) is 2.95. The van der Waals surface area contributed by atoms with Crippen LogP contribution in [0.15, 0.2) is 28.9 Å². The molecule has 1 aliphatic rings. The lowest BCUT2D eigenvalue weighted by atomic mass is 10.2. The number of nitrogens with zero attached hydrogens (tertiary/aromatic N) is 5. The predicted octanol–water partition coefficient (Wildman–Crippen LogP) is 1.65. The Kier molecular flexibility index (Phi) is 4.26. The van der Waals surface area contributed by atoms with Gasteiger partial charge in [-0.1, -0.05) is 11.2 Å². The summed E-state index contributed by atoms with van der Waals surface area (Å²) in [7, 11) is 0. The van der Waals surface area contributed by atoms with E-state index in [2.05, 4.69) is 37.9 Å². The minimum absolute atomic E-state index is 0.184. The fourth-order valence-electron chi connectivity index (χ4n) is 2.67. The van der Waals surface area contributed by atoms with Crippen LogP contribution in [0.4, 0.5) is 0 Å². The van der Waals surface area contributed by atoms with Gasteiger partial charge in [-0.25, -0.2) is 0 Å². The molecule has 0 amide bonds. The molecular weight excluding hydrogens is 266 g/mol. The molecule has 1 unspecified atom stereocenters. The van der Waals surface area contributed by atoms with E-state index in [1.807, 2.05) is 25.3 Å². The largest absolute Gasteiger partial charge is 0.338 e. The van der Waals surface area contributed by atoms with Gasteiger partial charge in [-0.05, 0) is 26.0 Å². The van der Waals surface area contributed by atoms with E-state index in [1.54, 1.807) is 0 Å². The number of hydrogen-bond acceptors (Lipinski definition) is 6. The average molecular weight is 287 g/mol. The summed E-state index contributed by atoms with van der Waals surface area (Å²) in [5.41, 5.74) is 1.13.